The average Bonchev–Trinajstić information content (AvgIpc) is 3.17. The van der Waals surface area contributed by atoms with Crippen LogP contribution in [0.5, 0.6) is 0 Å². The van der Waals surface area contributed by atoms with Gasteiger partial charge < -0.3 is 10.1 Å². The Hall–Kier alpha value is -1.86. The van der Waals surface area contributed by atoms with Crippen LogP contribution < -0.4 is 10.6 Å². The van der Waals surface area contributed by atoms with E-state index in [0.717, 1.165) is 32.2 Å². The van der Waals surface area contributed by atoms with Crippen molar-refractivity contribution in [2.45, 2.75) is 38.3 Å². The number of ether oxygens (including phenoxy) is 1. The van der Waals surface area contributed by atoms with E-state index in [0.29, 0.717) is 12.4 Å². The fourth-order valence-corrected chi connectivity index (χ4v) is 3.86. The predicted molar refractivity (Wildman–Crippen MR) is 90.9 cm³/mol. The Labute approximate surface area is 139 Å². The van der Waals surface area contributed by atoms with Crippen LogP contribution in [0.15, 0.2) is 23.7 Å². The number of aromatic nitrogens is 2. The molecular weight excluding hydrogens is 312 g/mol. The maximum atomic E-state index is 12.2. The van der Waals surface area contributed by atoms with Gasteiger partial charge in [-0.1, -0.05) is 0 Å². The van der Waals surface area contributed by atoms with Crippen molar-refractivity contribution in [1.29, 1.82) is 0 Å². The second-order valence-electron chi connectivity index (χ2n) is 5.65. The van der Waals surface area contributed by atoms with Gasteiger partial charge in [-0.25, -0.2) is 4.79 Å². The van der Waals surface area contributed by atoms with Crippen LogP contribution in [0, 0.1) is 0 Å². The Morgan fingerprint density at radius 2 is 2.43 bits per heavy atom. The highest BCUT2D eigenvalue weighted by Crippen LogP contribution is 2.33. The molecule has 1 atom stereocenters. The van der Waals surface area contributed by atoms with E-state index in [1.807, 2.05) is 16.9 Å². The number of fused-ring (bicyclic) bond motifs is 1. The number of carbonyl (C=O) groups is 1. The zero-order valence-electron chi connectivity index (χ0n) is 13.2. The number of hydrogen-bond acceptors (Lipinski definition) is 4. The number of amides is 2. The van der Waals surface area contributed by atoms with Gasteiger partial charge in [-0.05, 0) is 42.7 Å². The molecule has 0 saturated heterocycles. The molecule has 1 aliphatic carbocycles. The number of hydrogen-bond donors (Lipinski definition) is 2. The molecule has 2 amide bonds. The minimum atomic E-state index is -0.198. The van der Waals surface area contributed by atoms with Crippen LogP contribution in [0.2, 0.25) is 0 Å². The highest BCUT2D eigenvalue weighted by atomic mass is 32.1. The third-order valence-electron chi connectivity index (χ3n) is 3.98. The van der Waals surface area contributed by atoms with Crippen molar-refractivity contribution in [2.24, 2.45) is 0 Å². The summed E-state index contributed by atoms with van der Waals surface area (Å²) >= 11 is 1.78. The van der Waals surface area contributed by atoms with Crippen LogP contribution >= 0.6 is 11.3 Å². The molecule has 23 heavy (non-hydrogen) atoms. The molecule has 2 heterocycles. The molecule has 2 N–H and O–H groups in total. The molecule has 2 aromatic rings. The molecule has 3 rings (SSSR count). The van der Waals surface area contributed by atoms with Gasteiger partial charge in [0.2, 0.25) is 0 Å². The quantitative estimate of drug-likeness (QED) is 0.797. The van der Waals surface area contributed by atoms with Crippen molar-refractivity contribution >= 4 is 23.2 Å². The third-order valence-corrected chi connectivity index (χ3v) is 4.97. The second kappa shape index (κ2) is 7.61. The normalized spacial score (nSPS) is 16.8. The molecule has 1 unspecified atom stereocenters. The maximum Gasteiger partial charge on any atom is 0.320 e. The van der Waals surface area contributed by atoms with Gasteiger partial charge in [-0.15, -0.1) is 11.3 Å². The largest absolute Gasteiger partial charge is 0.385 e. The first-order chi connectivity index (χ1) is 11.3. The average molecular weight is 334 g/mol. The van der Waals surface area contributed by atoms with Crippen molar-refractivity contribution in [3.05, 3.63) is 34.2 Å². The first-order valence-electron chi connectivity index (χ1n) is 7.92. The summed E-state index contributed by atoms with van der Waals surface area (Å²) in [6, 6.07) is 3.84. The molecule has 2 aromatic heterocycles. The fraction of sp³-hybridized carbons (Fsp3) is 0.500. The van der Waals surface area contributed by atoms with Gasteiger partial charge in [0.1, 0.15) is 0 Å². The SMILES string of the molecule is COCCCn1ccc(NC(=O)NC2CCCc3sccc32)n1. The summed E-state index contributed by atoms with van der Waals surface area (Å²) in [7, 11) is 1.69. The first-order valence-corrected chi connectivity index (χ1v) is 8.80. The number of methoxy groups -OCH3 is 1. The van der Waals surface area contributed by atoms with Crippen LogP contribution in [0.25, 0.3) is 0 Å². The topological polar surface area (TPSA) is 68.2 Å². The van der Waals surface area contributed by atoms with E-state index < -0.39 is 0 Å². The lowest BCUT2D eigenvalue weighted by molar-refractivity contribution is 0.189. The summed E-state index contributed by atoms with van der Waals surface area (Å²) in [5, 5.41) is 12.3. The lowest BCUT2D eigenvalue weighted by Crippen LogP contribution is -2.34. The minimum Gasteiger partial charge on any atom is -0.385 e. The lowest BCUT2D eigenvalue weighted by Gasteiger charge is -2.23. The van der Waals surface area contributed by atoms with Crippen molar-refractivity contribution in [3.8, 4) is 0 Å². The number of nitrogens with zero attached hydrogens (tertiary/aromatic N) is 2. The smallest absolute Gasteiger partial charge is 0.320 e. The van der Waals surface area contributed by atoms with Gasteiger partial charge in [-0.3, -0.25) is 10.00 Å². The molecule has 7 heteroatoms. The molecule has 6 nitrogen and oxygen atoms in total. The molecule has 0 spiro atoms. The Balaban J connectivity index is 1.52. The minimum absolute atomic E-state index is 0.105. The summed E-state index contributed by atoms with van der Waals surface area (Å²) < 4.78 is 6.83. The third kappa shape index (κ3) is 4.11. The standard InChI is InChI=1S/C16H22N4O2S/c1-22-10-3-8-20-9-6-15(19-20)18-16(21)17-13-4-2-5-14-12(13)7-11-23-14/h6-7,9,11,13H,2-5,8,10H2,1H3,(H2,17,18,19,21). The molecule has 0 fully saturated rings. The Kier molecular flexibility index (Phi) is 5.30. The Morgan fingerprint density at radius 1 is 1.52 bits per heavy atom. The van der Waals surface area contributed by atoms with Crippen molar-refractivity contribution in [1.82, 2.24) is 15.1 Å². The fourth-order valence-electron chi connectivity index (χ4n) is 2.87. The van der Waals surface area contributed by atoms with Crippen LogP contribution in [0.1, 0.15) is 35.7 Å². The Morgan fingerprint density at radius 3 is 3.30 bits per heavy atom. The number of carbonyl (C=O) groups excluding carboxylic acids is 1. The van der Waals surface area contributed by atoms with Crippen LogP contribution in [-0.2, 0) is 17.7 Å². The van der Waals surface area contributed by atoms with Crippen molar-refractivity contribution < 1.29 is 9.53 Å². The summed E-state index contributed by atoms with van der Waals surface area (Å²) in [5.41, 5.74) is 1.27. The molecular formula is C16H22N4O2S. The zero-order valence-corrected chi connectivity index (χ0v) is 14.1. The molecule has 0 aliphatic heterocycles. The van der Waals surface area contributed by atoms with E-state index >= 15 is 0 Å². The molecule has 0 radical (unpaired) electrons. The highest BCUT2D eigenvalue weighted by Gasteiger charge is 2.22. The van der Waals surface area contributed by atoms with Gasteiger partial charge in [0, 0.05) is 37.4 Å². The van der Waals surface area contributed by atoms with E-state index in [9.17, 15) is 4.79 Å². The molecule has 0 bridgehead atoms. The summed E-state index contributed by atoms with van der Waals surface area (Å²) in [4.78, 5) is 13.6. The van der Waals surface area contributed by atoms with E-state index in [2.05, 4.69) is 27.2 Å². The van der Waals surface area contributed by atoms with Crippen molar-refractivity contribution in [2.75, 3.05) is 19.0 Å². The number of rotatable bonds is 6. The number of aryl methyl sites for hydroxylation is 2. The number of urea groups is 1. The summed E-state index contributed by atoms with van der Waals surface area (Å²) in [5.74, 6) is 0.571. The zero-order chi connectivity index (χ0) is 16.1. The predicted octanol–water partition coefficient (Wildman–Crippen LogP) is 3.18. The number of thiophene rings is 1. The summed E-state index contributed by atoms with van der Waals surface area (Å²) in [6.45, 7) is 1.48. The molecule has 124 valence electrons. The van der Waals surface area contributed by atoms with Crippen LogP contribution in [-0.4, -0.2) is 29.5 Å². The maximum absolute atomic E-state index is 12.2. The van der Waals surface area contributed by atoms with Crippen molar-refractivity contribution in [3.63, 3.8) is 0 Å². The van der Waals surface area contributed by atoms with Gasteiger partial charge in [0.05, 0.1) is 6.04 Å². The van der Waals surface area contributed by atoms with Gasteiger partial charge in [0.25, 0.3) is 0 Å². The van der Waals surface area contributed by atoms with Gasteiger partial charge in [-0.2, -0.15) is 5.10 Å². The summed E-state index contributed by atoms with van der Waals surface area (Å²) in [6.07, 6.45) is 5.99. The monoisotopic (exact) mass is 334 g/mol. The number of anilines is 1. The highest BCUT2D eigenvalue weighted by molar-refractivity contribution is 7.10. The molecule has 0 aromatic carbocycles. The first kappa shape index (κ1) is 16.0. The van der Waals surface area contributed by atoms with Crippen LogP contribution in [0.4, 0.5) is 10.6 Å². The molecule has 0 saturated carbocycles. The van der Waals surface area contributed by atoms with E-state index in [1.165, 1.54) is 10.4 Å². The molecule has 1 aliphatic rings. The lowest BCUT2D eigenvalue weighted by atomic mass is 9.94. The Bertz CT molecular complexity index is 652. The van der Waals surface area contributed by atoms with E-state index in [4.69, 9.17) is 4.74 Å². The van der Waals surface area contributed by atoms with Crippen LogP contribution in [0.3, 0.4) is 0 Å². The van der Waals surface area contributed by atoms with E-state index in [1.54, 1.807) is 18.4 Å². The number of nitrogens with one attached hydrogen (secondary N) is 2. The van der Waals surface area contributed by atoms with E-state index in [-0.39, 0.29) is 12.1 Å². The second-order valence-corrected chi connectivity index (χ2v) is 6.65. The van der Waals surface area contributed by atoms with Gasteiger partial charge in [0.15, 0.2) is 5.82 Å². The van der Waals surface area contributed by atoms with Gasteiger partial charge >= 0.3 is 6.03 Å².